The molecule has 0 aromatic heterocycles. The minimum Gasteiger partial charge on any atom is -0.478 e. The van der Waals surface area contributed by atoms with Crippen molar-refractivity contribution in [2.75, 3.05) is 0 Å². The lowest BCUT2D eigenvalue weighted by atomic mass is 10.2. The Morgan fingerprint density at radius 2 is 2.00 bits per heavy atom. The fraction of sp³-hybridized carbons (Fsp3) is 0. The van der Waals surface area contributed by atoms with Crippen molar-refractivity contribution >= 4 is 43.5 Å². The van der Waals surface area contributed by atoms with Crippen LogP contribution >= 0.6 is 27.5 Å². The van der Waals surface area contributed by atoms with Crippen LogP contribution in [0.25, 0.3) is 0 Å². The van der Waals surface area contributed by atoms with Crippen LogP contribution in [0.2, 0.25) is 5.02 Å². The van der Waals surface area contributed by atoms with Crippen LogP contribution in [0.15, 0.2) is 21.5 Å². The Balaban J connectivity index is 3.53. The van der Waals surface area contributed by atoms with Crippen molar-refractivity contribution in [2.24, 2.45) is 0 Å². The molecule has 0 radical (unpaired) electrons. The second-order valence-electron chi connectivity index (χ2n) is 2.67. The number of carbonyl (C=O) groups is 1. The molecule has 0 amide bonds. The molecular weight excluding hydrogens is 326 g/mol. The van der Waals surface area contributed by atoms with Crippen molar-refractivity contribution in [1.82, 2.24) is 4.89 Å². The standard InChI is InChI=1S/C7H5BrClNO5S/c8-5-2-3(16(14,15)10-13)1-4(6(5)9)7(11)12/h1-2,10,13H,(H,11,12). The summed E-state index contributed by atoms with van der Waals surface area (Å²) in [5.74, 6) is -1.37. The Morgan fingerprint density at radius 1 is 1.44 bits per heavy atom. The van der Waals surface area contributed by atoms with E-state index in [1.807, 2.05) is 0 Å². The summed E-state index contributed by atoms with van der Waals surface area (Å²) < 4.78 is 22.5. The fourth-order valence-electron chi connectivity index (χ4n) is 0.928. The van der Waals surface area contributed by atoms with Gasteiger partial charge < -0.3 is 10.3 Å². The number of rotatable bonds is 3. The van der Waals surface area contributed by atoms with Gasteiger partial charge in [0.2, 0.25) is 0 Å². The summed E-state index contributed by atoms with van der Waals surface area (Å²) in [5, 5.41) is 17.1. The molecule has 0 bridgehead atoms. The molecule has 1 rings (SSSR count). The molecule has 88 valence electrons. The average Bonchev–Trinajstić information content (AvgIpc) is 2.21. The molecule has 0 unspecified atom stereocenters. The first-order valence-electron chi connectivity index (χ1n) is 3.68. The fourth-order valence-corrected chi connectivity index (χ4v) is 2.38. The number of carboxylic acid groups (broad SMARTS) is 1. The minimum absolute atomic E-state index is 0.0999. The third-order valence-electron chi connectivity index (χ3n) is 1.66. The molecule has 9 heteroatoms. The first-order valence-corrected chi connectivity index (χ1v) is 6.33. The molecule has 0 atom stereocenters. The molecule has 0 saturated carbocycles. The topological polar surface area (TPSA) is 104 Å². The van der Waals surface area contributed by atoms with Gasteiger partial charge in [0.1, 0.15) is 0 Å². The molecule has 0 saturated heterocycles. The van der Waals surface area contributed by atoms with Gasteiger partial charge in [-0.1, -0.05) is 16.5 Å². The van der Waals surface area contributed by atoms with Crippen molar-refractivity contribution < 1.29 is 23.5 Å². The predicted molar refractivity (Wildman–Crippen MR) is 58.2 cm³/mol. The Kier molecular flexibility index (Phi) is 3.92. The largest absolute Gasteiger partial charge is 0.478 e. The lowest BCUT2D eigenvalue weighted by Crippen LogP contribution is -2.20. The zero-order valence-corrected chi connectivity index (χ0v) is 10.6. The summed E-state index contributed by atoms with van der Waals surface area (Å²) in [4.78, 5) is 11.4. The molecule has 0 aliphatic carbocycles. The highest BCUT2D eigenvalue weighted by Gasteiger charge is 2.20. The lowest BCUT2D eigenvalue weighted by molar-refractivity contribution is 0.0696. The molecule has 6 nitrogen and oxygen atoms in total. The first kappa shape index (κ1) is 13.4. The maximum Gasteiger partial charge on any atom is 0.337 e. The maximum atomic E-state index is 11.2. The van der Waals surface area contributed by atoms with Crippen LogP contribution in [0.3, 0.4) is 0 Å². The van der Waals surface area contributed by atoms with E-state index in [1.54, 1.807) is 0 Å². The highest BCUT2D eigenvalue weighted by Crippen LogP contribution is 2.29. The van der Waals surface area contributed by atoms with E-state index in [9.17, 15) is 13.2 Å². The number of carboxylic acids is 1. The van der Waals surface area contributed by atoms with Gasteiger partial charge in [0, 0.05) is 4.47 Å². The van der Waals surface area contributed by atoms with Crippen LogP contribution in [0, 0.1) is 0 Å². The van der Waals surface area contributed by atoms with Crippen molar-refractivity contribution in [3.8, 4) is 0 Å². The second-order valence-corrected chi connectivity index (χ2v) is 5.56. The highest BCUT2D eigenvalue weighted by atomic mass is 79.9. The van der Waals surface area contributed by atoms with Gasteiger partial charge in [-0.25, -0.2) is 13.2 Å². The number of aromatic carboxylic acids is 1. The number of sulfonamides is 1. The van der Waals surface area contributed by atoms with Gasteiger partial charge in [-0.3, -0.25) is 0 Å². The molecule has 0 spiro atoms. The zero-order chi connectivity index (χ0) is 12.5. The molecular formula is C7H5BrClNO5S. The molecule has 0 heterocycles. The molecule has 0 aliphatic heterocycles. The minimum atomic E-state index is -4.14. The second kappa shape index (κ2) is 4.68. The summed E-state index contributed by atoms with van der Waals surface area (Å²) in [5.41, 5.74) is -0.384. The van der Waals surface area contributed by atoms with Gasteiger partial charge in [0.05, 0.1) is 15.5 Å². The van der Waals surface area contributed by atoms with Gasteiger partial charge in [-0.2, -0.15) is 0 Å². The van der Waals surface area contributed by atoms with Crippen LogP contribution in [-0.2, 0) is 10.0 Å². The van der Waals surface area contributed by atoms with E-state index in [-0.39, 0.29) is 15.1 Å². The van der Waals surface area contributed by atoms with E-state index < -0.39 is 20.9 Å². The first-order chi connectivity index (χ1) is 7.29. The number of hydrogen-bond donors (Lipinski definition) is 3. The van der Waals surface area contributed by atoms with E-state index >= 15 is 0 Å². The SMILES string of the molecule is O=C(O)c1cc(S(=O)(=O)NO)cc(Br)c1Cl. The molecule has 16 heavy (non-hydrogen) atoms. The predicted octanol–water partition coefficient (Wildman–Crippen LogP) is 1.47. The van der Waals surface area contributed by atoms with Gasteiger partial charge in [0.25, 0.3) is 10.0 Å². The third kappa shape index (κ3) is 2.53. The van der Waals surface area contributed by atoms with Crippen LogP contribution in [0.4, 0.5) is 0 Å². The zero-order valence-electron chi connectivity index (χ0n) is 7.44. The maximum absolute atomic E-state index is 11.2. The third-order valence-corrected chi connectivity index (χ3v) is 4.02. The van der Waals surface area contributed by atoms with E-state index in [2.05, 4.69) is 15.9 Å². The Morgan fingerprint density at radius 3 is 2.44 bits per heavy atom. The molecule has 0 aliphatic rings. The van der Waals surface area contributed by atoms with Gasteiger partial charge in [-0.05, 0) is 28.1 Å². The van der Waals surface area contributed by atoms with Gasteiger partial charge >= 0.3 is 5.97 Å². The van der Waals surface area contributed by atoms with Crippen LogP contribution in [0.1, 0.15) is 10.4 Å². The highest BCUT2D eigenvalue weighted by molar-refractivity contribution is 9.10. The smallest absolute Gasteiger partial charge is 0.337 e. The number of benzene rings is 1. The van der Waals surface area contributed by atoms with Crippen molar-refractivity contribution in [1.29, 1.82) is 0 Å². The molecule has 0 fully saturated rings. The molecule has 3 N–H and O–H groups in total. The number of nitrogens with one attached hydrogen (secondary N) is 1. The summed E-state index contributed by atoms with van der Waals surface area (Å²) in [6.45, 7) is 0. The average molecular weight is 331 g/mol. The van der Waals surface area contributed by atoms with Crippen LogP contribution in [0.5, 0.6) is 0 Å². The monoisotopic (exact) mass is 329 g/mol. The van der Waals surface area contributed by atoms with Crippen molar-refractivity contribution in [2.45, 2.75) is 4.90 Å². The lowest BCUT2D eigenvalue weighted by Gasteiger charge is -2.06. The molecule has 1 aromatic rings. The van der Waals surface area contributed by atoms with Gasteiger partial charge in [0.15, 0.2) is 0 Å². The summed E-state index contributed by atoms with van der Waals surface area (Å²) in [7, 11) is -4.14. The number of halogens is 2. The van der Waals surface area contributed by atoms with E-state index in [4.69, 9.17) is 21.9 Å². The summed E-state index contributed by atoms with van der Waals surface area (Å²) in [6, 6.07) is 1.92. The van der Waals surface area contributed by atoms with E-state index in [0.29, 0.717) is 0 Å². The van der Waals surface area contributed by atoms with Crippen molar-refractivity contribution in [3.63, 3.8) is 0 Å². The van der Waals surface area contributed by atoms with E-state index in [1.165, 1.54) is 0 Å². The summed E-state index contributed by atoms with van der Waals surface area (Å²) in [6.07, 6.45) is 0. The normalized spacial score (nSPS) is 11.4. The Labute approximate surface area is 104 Å². The quantitative estimate of drug-likeness (QED) is 0.728. The molecule has 1 aromatic carbocycles. The van der Waals surface area contributed by atoms with E-state index in [0.717, 1.165) is 17.0 Å². The van der Waals surface area contributed by atoms with Crippen molar-refractivity contribution in [3.05, 3.63) is 27.2 Å². The van der Waals surface area contributed by atoms with Gasteiger partial charge in [-0.15, -0.1) is 0 Å². The Hall–Kier alpha value is -0.670. The number of hydrogen-bond acceptors (Lipinski definition) is 4. The van der Waals surface area contributed by atoms with Crippen LogP contribution in [-0.4, -0.2) is 24.7 Å². The Bertz CT molecular complexity index is 544. The van der Waals surface area contributed by atoms with Crippen LogP contribution < -0.4 is 4.89 Å². The summed E-state index contributed by atoms with van der Waals surface area (Å²) >= 11 is 8.57.